The van der Waals surface area contributed by atoms with E-state index in [1.54, 1.807) is 6.07 Å². The number of likely N-dealkylation sites (tertiary alicyclic amines) is 1. The molecule has 1 fully saturated rings. The summed E-state index contributed by atoms with van der Waals surface area (Å²) >= 11 is 0. The molecule has 0 spiro atoms. The van der Waals surface area contributed by atoms with Crippen LogP contribution in [0.15, 0.2) is 18.2 Å². The molecule has 4 nitrogen and oxygen atoms in total. The zero-order chi connectivity index (χ0) is 13.4. The van der Waals surface area contributed by atoms with Gasteiger partial charge in [-0.15, -0.1) is 0 Å². The fraction of sp³-hybridized carbons (Fsp3) is 0.500. The topological polar surface area (TPSA) is 47.1 Å². The number of nitrogen functional groups attached to an aromatic ring is 1. The number of aromatic nitrogens is 2. The molecule has 1 aliphatic heterocycles. The van der Waals surface area contributed by atoms with Crippen LogP contribution in [-0.4, -0.2) is 34.1 Å². The largest absolute Gasteiger partial charge is 0.369 e. The van der Waals surface area contributed by atoms with Crippen LogP contribution >= 0.6 is 0 Å². The SMILES string of the molecule is CC(CN1CCCC1)n1c(N)nc2cc(F)ccc21. The third-order valence-electron chi connectivity index (χ3n) is 3.84. The molecule has 1 aromatic heterocycles. The summed E-state index contributed by atoms with van der Waals surface area (Å²) in [6, 6.07) is 4.90. The fourth-order valence-electron chi connectivity index (χ4n) is 2.97. The maximum absolute atomic E-state index is 13.2. The normalized spacial score (nSPS) is 18.2. The van der Waals surface area contributed by atoms with Gasteiger partial charge >= 0.3 is 0 Å². The molecular formula is C14H19FN4. The Bertz CT molecular complexity index is 586. The van der Waals surface area contributed by atoms with Crippen LogP contribution in [0.2, 0.25) is 0 Å². The molecule has 0 amide bonds. The molecule has 102 valence electrons. The van der Waals surface area contributed by atoms with E-state index < -0.39 is 0 Å². The van der Waals surface area contributed by atoms with Crippen molar-refractivity contribution in [3.63, 3.8) is 0 Å². The summed E-state index contributed by atoms with van der Waals surface area (Å²) in [4.78, 5) is 6.70. The second kappa shape index (κ2) is 4.81. The van der Waals surface area contributed by atoms with Crippen LogP contribution < -0.4 is 5.73 Å². The van der Waals surface area contributed by atoms with E-state index in [1.807, 2.05) is 4.57 Å². The first-order valence-corrected chi connectivity index (χ1v) is 6.80. The van der Waals surface area contributed by atoms with Gasteiger partial charge in [-0.1, -0.05) is 0 Å². The van der Waals surface area contributed by atoms with Gasteiger partial charge in [0.1, 0.15) is 5.82 Å². The smallest absolute Gasteiger partial charge is 0.201 e. The van der Waals surface area contributed by atoms with Crippen molar-refractivity contribution in [3.05, 3.63) is 24.0 Å². The Kier molecular flexibility index (Phi) is 3.14. The standard InChI is InChI=1S/C14H19FN4/c1-10(9-18-6-2-3-7-18)19-13-5-4-11(15)8-12(13)17-14(19)16/h4-5,8,10H,2-3,6-7,9H2,1H3,(H2,16,17). The van der Waals surface area contributed by atoms with E-state index in [0.717, 1.165) is 25.2 Å². The Morgan fingerprint density at radius 2 is 2.11 bits per heavy atom. The summed E-state index contributed by atoms with van der Waals surface area (Å²) < 4.78 is 15.2. The first-order valence-electron chi connectivity index (χ1n) is 6.80. The van der Waals surface area contributed by atoms with Crippen molar-refractivity contribution in [1.82, 2.24) is 14.5 Å². The van der Waals surface area contributed by atoms with Crippen molar-refractivity contribution < 1.29 is 4.39 Å². The molecule has 0 radical (unpaired) electrons. The Hall–Kier alpha value is -1.62. The second-order valence-electron chi connectivity index (χ2n) is 5.33. The Morgan fingerprint density at radius 3 is 2.84 bits per heavy atom. The molecule has 1 aromatic carbocycles. The molecule has 0 bridgehead atoms. The van der Waals surface area contributed by atoms with Crippen LogP contribution in [0.1, 0.15) is 25.8 Å². The highest BCUT2D eigenvalue weighted by molar-refractivity contribution is 5.78. The molecule has 19 heavy (non-hydrogen) atoms. The van der Waals surface area contributed by atoms with Gasteiger partial charge in [0.05, 0.1) is 11.0 Å². The lowest BCUT2D eigenvalue weighted by molar-refractivity contribution is 0.291. The average molecular weight is 262 g/mol. The van der Waals surface area contributed by atoms with Gasteiger partial charge in [0.2, 0.25) is 5.95 Å². The summed E-state index contributed by atoms with van der Waals surface area (Å²) in [5.41, 5.74) is 7.53. The molecule has 1 atom stereocenters. The quantitative estimate of drug-likeness (QED) is 0.924. The maximum Gasteiger partial charge on any atom is 0.201 e. The number of anilines is 1. The summed E-state index contributed by atoms with van der Waals surface area (Å²) in [6.45, 7) is 5.42. The minimum absolute atomic E-state index is 0.244. The molecule has 2 N–H and O–H groups in total. The van der Waals surface area contributed by atoms with Crippen LogP contribution in [0.4, 0.5) is 10.3 Å². The minimum atomic E-state index is -0.274. The number of hydrogen-bond donors (Lipinski definition) is 1. The van der Waals surface area contributed by atoms with E-state index in [2.05, 4.69) is 16.8 Å². The second-order valence-corrected chi connectivity index (χ2v) is 5.33. The number of rotatable bonds is 3. The van der Waals surface area contributed by atoms with Crippen molar-refractivity contribution >= 4 is 17.0 Å². The van der Waals surface area contributed by atoms with Gasteiger partial charge < -0.3 is 15.2 Å². The lowest BCUT2D eigenvalue weighted by Gasteiger charge is -2.22. The number of hydrogen-bond acceptors (Lipinski definition) is 3. The zero-order valence-corrected chi connectivity index (χ0v) is 11.1. The van der Waals surface area contributed by atoms with Crippen LogP contribution in [0.3, 0.4) is 0 Å². The van der Waals surface area contributed by atoms with Crippen molar-refractivity contribution in [1.29, 1.82) is 0 Å². The van der Waals surface area contributed by atoms with Gasteiger partial charge in [-0.05, 0) is 45.0 Å². The van der Waals surface area contributed by atoms with E-state index in [4.69, 9.17) is 5.73 Å². The highest BCUT2D eigenvalue weighted by Crippen LogP contribution is 2.24. The van der Waals surface area contributed by atoms with Crippen molar-refractivity contribution in [3.8, 4) is 0 Å². The summed E-state index contributed by atoms with van der Waals surface area (Å²) in [5.74, 6) is 0.191. The van der Waals surface area contributed by atoms with Crippen molar-refractivity contribution in [2.24, 2.45) is 0 Å². The number of fused-ring (bicyclic) bond motifs is 1. The fourth-order valence-corrected chi connectivity index (χ4v) is 2.97. The zero-order valence-electron chi connectivity index (χ0n) is 11.1. The third kappa shape index (κ3) is 2.30. The van der Waals surface area contributed by atoms with E-state index in [9.17, 15) is 4.39 Å². The predicted molar refractivity (Wildman–Crippen MR) is 74.5 cm³/mol. The lowest BCUT2D eigenvalue weighted by Crippen LogP contribution is -2.27. The van der Waals surface area contributed by atoms with Gasteiger partial charge in [0.15, 0.2) is 0 Å². The number of nitrogens with two attached hydrogens (primary N) is 1. The summed E-state index contributed by atoms with van der Waals surface area (Å²) in [7, 11) is 0. The van der Waals surface area contributed by atoms with Crippen LogP contribution in [0, 0.1) is 5.82 Å². The average Bonchev–Trinajstić information content (AvgIpc) is 2.95. The van der Waals surface area contributed by atoms with E-state index >= 15 is 0 Å². The van der Waals surface area contributed by atoms with Crippen molar-refractivity contribution in [2.45, 2.75) is 25.8 Å². The number of benzene rings is 1. The molecular weight excluding hydrogens is 243 g/mol. The Morgan fingerprint density at radius 1 is 1.37 bits per heavy atom. The summed E-state index contributed by atoms with van der Waals surface area (Å²) in [5, 5.41) is 0. The lowest BCUT2D eigenvalue weighted by atomic mass is 10.2. The molecule has 3 rings (SSSR count). The highest BCUT2D eigenvalue weighted by Gasteiger charge is 2.19. The maximum atomic E-state index is 13.2. The third-order valence-corrected chi connectivity index (χ3v) is 3.84. The number of imidazole rings is 1. The van der Waals surface area contributed by atoms with Crippen LogP contribution in [0.25, 0.3) is 11.0 Å². The summed E-state index contributed by atoms with van der Waals surface area (Å²) in [6.07, 6.45) is 2.55. The van der Waals surface area contributed by atoms with Gasteiger partial charge in [-0.2, -0.15) is 0 Å². The minimum Gasteiger partial charge on any atom is -0.369 e. The van der Waals surface area contributed by atoms with Gasteiger partial charge in [0, 0.05) is 18.7 Å². The molecule has 0 saturated carbocycles. The van der Waals surface area contributed by atoms with Gasteiger partial charge in [-0.25, -0.2) is 9.37 Å². The first kappa shape index (κ1) is 12.4. The molecule has 1 unspecified atom stereocenters. The Balaban J connectivity index is 1.92. The first-order chi connectivity index (χ1) is 9.15. The Labute approximate surface area is 112 Å². The molecule has 1 saturated heterocycles. The molecule has 0 aliphatic carbocycles. The molecule has 1 aliphatic rings. The molecule has 5 heteroatoms. The van der Waals surface area contributed by atoms with E-state index in [1.165, 1.54) is 25.0 Å². The van der Waals surface area contributed by atoms with Crippen LogP contribution in [0.5, 0.6) is 0 Å². The van der Waals surface area contributed by atoms with E-state index in [-0.39, 0.29) is 11.9 Å². The molecule has 2 aromatic rings. The van der Waals surface area contributed by atoms with Gasteiger partial charge in [-0.3, -0.25) is 0 Å². The monoisotopic (exact) mass is 262 g/mol. The van der Waals surface area contributed by atoms with Crippen LogP contribution in [-0.2, 0) is 0 Å². The highest BCUT2D eigenvalue weighted by atomic mass is 19.1. The predicted octanol–water partition coefficient (Wildman–Crippen LogP) is 2.41. The van der Waals surface area contributed by atoms with Crippen molar-refractivity contribution in [2.75, 3.05) is 25.4 Å². The van der Waals surface area contributed by atoms with E-state index in [0.29, 0.717) is 11.5 Å². The number of halogens is 1. The number of nitrogens with zero attached hydrogens (tertiary/aromatic N) is 3. The van der Waals surface area contributed by atoms with Gasteiger partial charge in [0.25, 0.3) is 0 Å². The molecule has 2 heterocycles.